The molecule has 0 spiro atoms. The maximum Gasteiger partial charge on any atom is 0.217 e. The van der Waals surface area contributed by atoms with E-state index in [1.807, 2.05) is 0 Å². The van der Waals surface area contributed by atoms with Crippen molar-refractivity contribution in [2.45, 2.75) is 83.4 Å². The van der Waals surface area contributed by atoms with Crippen LogP contribution in [0.5, 0.6) is 0 Å². The molecule has 2 aromatic carbocycles. The zero-order chi connectivity index (χ0) is 24.4. The predicted octanol–water partition coefficient (Wildman–Crippen LogP) is 4.51. The number of carbonyl (C=O) groups is 1. The van der Waals surface area contributed by atoms with Gasteiger partial charge in [-0.25, -0.2) is 8.78 Å². The van der Waals surface area contributed by atoms with Crippen LogP contribution in [0.4, 0.5) is 8.78 Å². The minimum absolute atomic E-state index is 0.0340. The molecule has 0 heterocycles. The molecule has 3 rings (SSSR count). The zero-order valence-electron chi connectivity index (χ0n) is 20.3. The molecule has 6 heteroatoms. The Balaban J connectivity index is 1.76. The SMILES string of the molecule is CCc1cc(C(C)(C)C)cc(C2(NC[C@@H](O)[C@H](Cc3cc(F)cc(F)c3)NC(C)=O)CC2)c1. The van der Waals surface area contributed by atoms with Crippen LogP contribution in [0, 0.1) is 11.6 Å². The molecule has 180 valence electrons. The summed E-state index contributed by atoms with van der Waals surface area (Å²) in [5.74, 6) is -1.66. The van der Waals surface area contributed by atoms with Crippen LogP contribution in [0.15, 0.2) is 36.4 Å². The molecule has 3 N–H and O–H groups in total. The van der Waals surface area contributed by atoms with Gasteiger partial charge >= 0.3 is 0 Å². The number of aryl methyl sites for hydroxylation is 1. The molecule has 1 fully saturated rings. The fourth-order valence-corrected chi connectivity index (χ4v) is 4.27. The Bertz CT molecular complexity index is 976. The maximum absolute atomic E-state index is 13.6. The Morgan fingerprint density at radius 2 is 1.70 bits per heavy atom. The number of hydrogen-bond acceptors (Lipinski definition) is 3. The van der Waals surface area contributed by atoms with E-state index in [0.29, 0.717) is 5.56 Å². The second-order valence-corrected chi connectivity index (χ2v) is 10.3. The summed E-state index contributed by atoms with van der Waals surface area (Å²) in [6, 6.07) is 9.35. The third kappa shape index (κ3) is 6.61. The highest BCUT2D eigenvalue weighted by molar-refractivity contribution is 5.73. The number of amides is 1. The van der Waals surface area contributed by atoms with Crippen molar-refractivity contribution in [3.8, 4) is 0 Å². The number of carbonyl (C=O) groups excluding carboxylic acids is 1. The fourth-order valence-electron chi connectivity index (χ4n) is 4.27. The Morgan fingerprint density at radius 3 is 2.21 bits per heavy atom. The molecule has 0 aliphatic heterocycles. The molecule has 1 amide bonds. The van der Waals surface area contributed by atoms with Crippen LogP contribution in [-0.4, -0.2) is 29.7 Å². The van der Waals surface area contributed by atoms with E-state index in [9.17, 15) is 18.7 Å². The smallest absolute Gasteiger partial charge is 0.217 e. The Kier molecular flexibility index (Phi) is 7.59. The van der Waals surface area contributed by atoms with Crippen molar-refractivity contribution in [3.63, 3.8) is 0 Å². The van der Waals surface area contributed by atoms with Crippen molar-refractivity contribution in [2.75, 3.05) is 6.54 Å². The fraction of sp³-hybridized carbons (Fsp3) is 0.519. The maximum atomic E-state index is 13.6. The van der Waals surface area contributed by atoms with E-state index in [2.05, 4.69) is 56.5 Å². The van der Waals surface area contributed by atoms with Crippen LogP contribution >= 0.6 is 0 Å². The van der Waals surface area contributed by atoms with Gasteiger partial charge in [0.15, 0.2) is 0 Å². The Hall–Kier alpha value is -2.31. The second kappa shape index (κ2) is 9.90. The van der Waals surface area contributed by atoms with Crippen LogP contribution in [0.2, 0.25) is 0 Å². The minimum atomic E-state index is -0.922. The lowest BCUT2D eigenvalue weighted by Gasteiger charge is -2.28. The van der Waals surface area contributed by atoms with E-state index in [1.54, 1.807) is 0 Å². The van der Waals surface area contributed by atoms with Gasteiger partial charge in [-0.3, -0.25) is 4.79 Å². The van der Waals surface area contributed by atoms with Gasteiger partial charge in [0.2, 0.25) is 5.91 Å². The van der Waals surface area contributed by atoms with Gasteiger partial charge in [-0.05, 0) is 65.5 Å². The molecule has 1 aliphatic rings. The summed E-state index contributed by atoms with van der Waals surface area (Å²) in [5.41, 5.74) is 4.02. The molecular weight excluding hydrogens is 422 g/mol. The molecule has 0 radical (unpaired) electrons. The van der Waals surface area contributed by atoms with Crippen LogP contribution in [-0.2, 0) is 28.6 Å². The van der Waals surface area contributed by atoms with Gasteiger partial charge in [0, 0.05) is 25.1 Å². The molecule has 1 saturated carbocycles. The quantitative estimate of drug-likeness (QED) is 0.518. The van der Waals surface area contributed by atoms with Crippen molar-refractivity contribution in [2.24, 2.45) is 0 Å². The first kappa shape index (κ1) is 25.3. The Labute approximate surface area is 195 Å². The molecule has 0 bridgehead atoms. The number of aliphatic hydroxyl groups is 1. The van der Waals surface area contributed by atoms with E-state index < -0.39 is 23.8 Å². The Morgan fingerprint density at radius 1 is 1.06 bits per heavy atom. The molecule has 2 aromatic rings. The molecule has 1 aliphatic carbocycles. The van der Waals surface area contributed by atoms with Gasteiger partial charge < -0.3 is 15.7 Å². The lowest BCUT2D eigenvalue weighted by molar-refractivity contribution is -0.120. The van der Waals surface area contributed by atoms with E-state index in [4.69, 9.17) is 0 Å². The molecular formula is C27H36F2N2O2. The van der Waals surface area contributed by atoms with Crippen molar-refractivity contribution >= 4 is 5.91 Å². The van der Waals surface area contributed by atoms with Gasteiger partial charge in [0.1, 0.15) is 11.6 Å². The van der Waals surface area contributed by atoms with Crippen molar-refractivity contribution in [3.05, 3.63) is 70.3 Å². The summed E-state index contributed by atoms with van der Waals surface area (Å²) in [6.07, 6.45) is 2.09. The van der Waals surface area contributed by atoms with Crippen molar-refractivity contribution < 1.29 is 18.7 Å². The van der Waals surface area contributed by atoms with Gasteiger partial charge in [0.05, 0.1) is 12.1 Å². The van der Waals surface area contributed by atoms with Crippen molar-refractivity contribution in [1.29, 1.82) is 0 Å². The largest absolute Gasteiger partial charge is 0.390 e. The van der Waals surface area contributed by atoms with E-state index >= 15 is 0 Å². The second-order valence-electron chi connectivity index (χ2n) is 10.3. The number of nitrogens with one attached hydrogen (secondary N) is 2. The first-order chi connectivity index (χ1) is 15.4. The lowest BCUT2D eigenvalue weighted by atomic mass is 9.83. The molecule has 2 atom stereocenters. The van der Waals surface area contributed by atoms with E-state index in [-0.39, 0.29) is 29.8 Å². The minimum Gasteiger partial charge on any atom is -0.390 e. The number of rotatable bonds is 9. The number of halogens is 2. The average Bonchev–Trinajstić information content (AvgIpc) is 3.50. The highest BCUT2D eigenvalue weighted by Crippen LogP contribution is 2.46. The summed E-state index contributed by atoms with van der Waals surface area (Å²) in [5, 5.41) is 17.2. The predicted molar refractivity (Wildman–Crippen MR) is 127 cm³/mol. The first-order valence-electron chi connectivity index (χ1n) is 11.7. The highest BCUT2D eigenvalue weighted by atomic mass is 19.1. The van der Waals surface area contributed by atoms with Gasteiger partial charge in [-0.2, -0.15) is 0 Å². The van der Waals surface area contributed by atoms with Gasteiger partial charge in [0.25, 0.3) is 0 Å². The zero-order valence-corrected chi connectivity index (χ0v) is 20.3. The molecule has 0 saturated heterocycles. The van der Waals surface area contributed by atoms with Crippen LogP contribution in [0.1, 0.15) is 69.7 Å². The first-order valence-corrected chi connectivity index (χ1v) is 11.7. The monoisotopic (exact) mass is 458 g/mol. The van der Waals surface area contributed by atoms with Crippen LogP contribution in [0.25, 0.3) is 0 Å². The van der Waals surface area contributed by atoms with Crippen LogP contribution < -0.4 is 10.6 Å². The molecule has 4 nitrogen and oxygen atoms in total. The van der Waals surface area contributed by atoms with Gasteiger partial charge in [-0.1, -0.05) is 45.9 Å². The topological polar surface area (TPSA) is 61.4 Å². The van der Waals surface area contributed by atoms with E-state index in [1.165, 1.54) is 35.7 Å². The summed E-state index contributed by atoms with van der Waals surface area (Å²) in [4.78, 5) is 11.7. The normalized spacial score (nSPS) is 16.8. The summed E-state index contributed by atoms with van der Waals surface area (Å²) >= 11 is 0. The highest BCUT2D eigenvalue weighted by Gasteiger charge is 2.45. The number of aliphatic hydroxyl groups excluding tert-OH is 1. The lowest BCUT2D eigenvalue weighted by Crippen LogP contribution is -2.49. The summed E-state index contributed by atoms with van der Waals surface area (Å²) < 4.78 is 27.2. The number of benzene rings is 2. The van der Waals surface area contributed by atoms with E-state index in [0.717, 1.165) is 25.3 Å². The third-order valence-electron chi connectivity index (χ3n) is 6.45. The average molecular weight is 459 g/mol. The van der Waals surface area contributed by atoms with Crippen LogP contribution in [0.3, 0.4) is 0 Å². The standard InChI is InChI=1S/C27H36F2N2O2/c1-6-18-9-20(26(3,4)5)14-21(10-18)27(7-8-27)30-16-25(33)24(31-17(2)32)13-19-11-22(28)15-23(29)12-19/h9-12,14-15,24-25,30,33H,6-8,13,16H2,1-5H3,(H,31,32)/t24-,25+/m0/s1. The molecule has 33 heavy (non-hydrogen) atoms. The molecule has 0 unspecified atom stereocenters. The summed E-state index contributed by atoms with van der Waals surface area (Å²) in [7, 11) is 0. The molecule has 0 aromatic heterocycles. The van der Waals surface area contributed by atoms with Crippen molar-refractivity contribution in [1.82, 2.24) is 10.6 Å². The van der Waals surface area contributed by atoms with Gasteiger partial charge in [-0.15, -0.1) is 0 Å². The summed E-state index contributed by atoms with van der Waals surface area (Å²) in [6.45, 7) is 10.4. The third-order valence-corrected chi connectivity index (χ3v) is 6.45. The number of hydrogen-bond donors (Lipinski definition) is 3.